The highest BCUT2D eigenvalue weighted by molar-refractivity contribution is 7.92. The second-order valence-corrected chi connectivity index (χ2v) is 15.5. The van der Waals surface area contributed by atoms with Gasteiger partial charge in [0.15, 0.2) is 0 Å². The first-order valence-corrected chi connectivity index (χ1v) is 19.3. The fourth-order valence-electron chi connectivity index (χ4n) is 6.17. The van der Waals surface area contributed by atoms with Gasteiger partial charge in [-0.15, -0.1) is 0 Å². The van der Waals surface area contributed by atoms with Crippen LogP contribution in [0.3, 0.4) is 0 Å². The van der Waals surface area contributed by atoms with Crippen LogP contribution in [-0.2, 0) is 14.8 Å². The molecule has 0 saturated carbocycles. The number of sulfonamides is 1. The molecule has 4 atom stereocenters. The number of anilines is 2. The largest absolute Gasteiger partial charge is 0.490 e. The highest BCUT2D eigenvalue weighted by Gasteiger charge is 2.31. The van der Waals surface area contributed by atoms with E-state index in [4.69, 9.17) is 21.1 Å². The van der Waals surface area contributed by atoms with Crippen LogP contribution < -0.4 is 14.8 Å². The molecule has 0 aromatic heterocycles. The SMILES string of the molecule is C[C@@H]1CCCCO[C@@H](CN(C)C(=O)Nc2cccc3ccccc23)[C@H](C)CN([C@H](C)CO)C(=O)c2cc(NS(=O)(=O)c3ccc(Cl)cc3)ccc2O1. The highest BCUT2D eigenvalue weighted by Crippen LogP contribution is 2.30. The number of fused-ring (bicyclic) bond motifs is 2. The Labute approximate surface area is 310 Å². The Morgan fingerprint density at radius 1 is 1.04 bits per heavy atom. The lowest BCUT2D eigenvalue weighted by molar-refractivity contribution is -0.0115. The van der Waals surface area contributed by atoms with Crippen LogP contribution in [0.1, 0.15) is 50.4 Å². The van der Waals surface area contributed by atoms with Gasteiger partial charge in [0.1, 0.15) is 5.75 Å². The van der Waals surface area contributed by atoms with Gasteiger partial charge < -0.3 is 29.7 Å². The minimum absolute atomic E-state index is 0.0133. The van der Waals surface area contributed by atoms with E-state index in [9.17, 15) is 23.1 Å². The zero-order valence-corrected chi connectivity index (χ0v) is 31.5. The van der Waals surface area contributed by atoms with E-state index in [2.05, 4.69) is 10.0 Å². The van der Waals surface area contributed by atoms with Crippen molar-refractivity contribution in [2.75, 3.05) is 43.4 Å². The van der Waals surface area contributed by atoms with Gasteiger partial charge in [-0.05, 0) is 87.0 Å². The van der Waals surface area contributed by atoms with E-state index in [0.717, 1.165) is 23.6 Å². The van der Waals surface area contributed by atoms with Crippen molar-refractivity contribution in [3.8, 4) is 5.75 Å². The first-order valence-electron chi connectivity index (χ1n) is 17.5. The molecule has 11 nitrogen and oxygen atoms in total. The molecule has 1 aliphatic rings. The lowest BCUT2D eigenvalue weighted by Crippen LogP contribution is -2.48. The summed E-state index contributed by atoms with van der Waals surface area (Å²) in [6.07, 6.45) is 1.55. The van der Waals surface area contributed by atoms with Crippen molar-refractivity contribution in [1.82, 2.24) is 9.80 Å². The molecule has 13 heteroatoms. The second-order valence-electron chi connectivity index (χ2n) is 13.4. The molecule has 0 spiro atoms. The van der Waals surface area contributed by atoms with Crippen molar-refractivity contribution in [2.45, 2.75) is 63.2 Å². The molecule has 0 radical (unpaired) electrons. The van der Waals surface area contributed by atoms with Gasteiger partial charge in [0.2, 0.25) is 0 Å². The number of carbonyl (C=O) groups is 2. The van der Waals surface area contributed by atoms with Crippen LogP contribution in [0.5, 0.6) is 5.75 Å². The number of urea groups is 1. The molecule has 5 rings (SSSR count). The number of nitrogens with one attached hydrogen (secondary N) is 2. The monoisotopic (exact) mass is 750 g/mol. The van der Waals surface area contributed by atoms with Crippen molar-refractivity contribution in [2.24, 2.45) is 5.92 Å². The van der Waals surface area contributed by atoms with Gasteiger partial charge in [-0.3, -0.25) is 9.52 Å². The lowest BCUT2D eigenvalue weighted by atomic mass is 10.0. The topological polar surface area (TPSA) is 138 Å². The third kappa shape index (κ3) is 9.74. The molecule has 4 aromatic carbocycles. The molecule has 3 amide bonds. The molecule has 4 aromatic rings. The summed E-state index contributed by atoms with van der Waals surface area (Å²) < 4.78 is 41.7. The molecular weight excluding hydrogens is 704 g/mol. The van der Waals surface area contributed by atoms with Gasteiger partial charge in [-0.2, -0.15) is 0 Å². The molecule has 1 heterocycles. The predicted octanol–water partition coefficient (Wildman–Crippen LogP) is 7.25. The van der Waals surface area contributed by atoms with E-state index < -0.39 is 28.1 Å². The average Bonchev–Trinajstić information content (AvgIpc) is 3.12. The number of carbonyl (C=O) groups excluding carboxylic acids is 2. The molecule has 0 saturated heterocycles. The van der Waals surface area contributed by atoms with E-state index >= 15 is 0 Å². The fraction of sp³-hybridized carbons (Fsp3) is 0.385. The van der Waals surface area contributed by atoms with Gasteiger partial charge >= 0.3 is 6.03 Å². The Hall–Kier alpha value is -4.36. The number of aliphatic hydroxyl groups is 1. The molecule has 0 bridgehead atoms. The summed E-state index contributed by atoms with van der Waals surface area (Å²) >= 11 is 5.96. The smallest absolute Gasteiger partial charge is 0.321 e. The maximum Gasteiger partial charge on any atom is 0.321 e. The number of nitrogens with zero attached hydrogens (tertiary/aromatic N) is 2. The van der Waals surface area contributed by atoms with Crippen LogP contribution in [0.15, 0.2) is 89.8 Å². The maximum atomic E-state index is 14.5. The van der Waals surface area contributed by atoms with E-state index in [1.165, 1.54) is 30.3 Å². The van der Waals surface area contributed by atoms with E-state index in [-0.39, 0.29) is 53.9 Å². The number of aliphatic hydroxyl groups excluding tert-OH is 1. The van der Waals surface area contributed by atoms with Crippen molar-refractivity contribution >= 4 is 55.7 Å². The summed E-state index contributed by atoms with van der Waals surface area (Å²) in [4.78, 5) is 31.1. The Bertz CT molecular complexity index is 1950. The van der Waals surface area contributed by atoms with E-state index in [1.807, 2.05) is 56.3 Å². The molecule has 3 N–H and O–H groups in total. The maximum absolute atomic E-state index is 14.5. The van der Waals surface area contributed by atoms with Crippen molar-refractivity contribution < 1.29 is 32.6 Å². The molecule has 52 heavy (non-hydrogen) atoms. The number of ether oxygens (including phenoxy) is 2. The summed E-state index contributed by atoms with van der Waals surface area (Å²) in [7, 11) is -2.29. The van der Waals surface area contributed by atoms with Crippen LogP contribution in [0, 0.1) is 5.92 Å². The number of amides is 3. The second kappa shape index (κ2) is 17.4. The number of hydrogen-bond donors (Lipinski definition) is 3. The fourth-order valence-corrected chi connectivity index (χ4v) is 7.35. The first kappa shape index (κ1) is 38.9. The lowest BCUT2D eigenvalue weighted by Gasteiger charge is -2.35. The third-order valence-corrected chi connectivity index (χ3v) is 10.9. The predicted molar refractivity (Wildman–Crippen MR) is 205 cm³/mol. The van der Waals surface area contributed by atoms with Crippen molar-refractivity contribution in [1.29, 1.82) is 0 Å². The van der Waals surface area contributed by atoms with Crippen LogP contribution in [0.25, 0.3) is 10.8 Å². The summed E-state index contributed by atoms with van der Waals surface area (Å²) in [6, 6.07) is 23.1. The zero-order valence-electron chi connectivity index (χ0n) is 29.9. The van der Waals surface area contributed by atoms with Gasteiger partial charge in [0, 0.05) is 48.8 Å². The summed E-state index contributed by atoms with van der Waals surface area (Å²) in [5, 5.41) is 15.7. The number of hydrogen-bond acceptors (Lipinski definition) is 7. The van der Waals surface area contributed by atoms with Gasteiger partial charge in [0.25, 0.3) is 15.9 Å². The van der Waals surface area contributed by atoms with Crippen molar-refractivity contribution in [3.63, 3.8) is 0 Å². The van der Waals surface area contributed by atoms with Crippen LogP contribution in [-0.4, -0.2) is 86.9 Å². The average molecular weight is 751 g/mol. The summed E-state index contributed by atoms with van der Waals surface area (Å²) in [5.74, 6) is -0.408. The highest BCUT2D eigenvalue weighted by atomic mass is 35.5. The number of halogens is 1. The standard InChI is InChI=1S/C39H47ClN4O7S/c1-26-23-44(27(2)25-45)38(46)34-22-31(42-52(48,49)32-18-15-30(40)16-19-32)17-20-36(34)51-28(3)10-7-8-21-50-37(26)24-43(4)39(47)41-35-14-9-12-29-11-5-6-13-33(29)35/h5-6,9,11-20,22,26-28,37,42,45H,7-8,10,21,23-25H2,1-4H3,(H,41,47)/t26-,27-,28-,37+/m1/s1. The quantitative estimate of drug-likeness (QED) is 0.173. The number of benzene rings is 4. The zero-order chi connectivity index (χ0) is 37.4. The molecule has 0 aliphatic carbocycles. The van der Waals surface area contributed by atoms with Crippen molar-refractivity contribution in [3.05, 3.63) is 95.5 Å². The third-order valence-electron chi connectivity index (χ3n) is 9.26. The van der Waals surface area contributed by atoms with Gasteiger partial charge in [-0.25, -0.2) is 13.2 Å². The molecular formula is C39H47ClN4O7S. The Morgan fingerprint density at radius 2 is 1.77 bits per heavy atom. The Morgan fingerprint density at radius 3 is 2.52 bits per heavy atom. The number of rotatable bonds is 8. The van der Waals surface area contributed by atoms with E-state index in [1.54, 1.807) is 35.9 Å². The van der Waals surface area contributed by atoms with Gasteiger partial charge in [-0.1, -0.05) is 54.9 Å². The summed E-state index contributed by atoms with van der Waals surface area (Å²) in [5.41, 5.74) is 1.02. The Kier molecular flexibility index (Phi) is 13.0. The van der Waals surface area contributed by atoms with E-state index in [0.29, 0.717) is 29.5 Å². The van der Waals surface area contributed by atoms with Crippen LogP contribution >= 0.6 is 11.6 Å². The first-order chi connectivity index (χ1) is 24.9. The van der Waals surface area contributed by atoms with Gasteiger partial charge in [0.05, 0.1) is 41.0 Å². The number of likely N-dealkylation sites (N-methyl/N-ethyl adjacent to an activating group) is 1. The molecule has 0 unspecified atom stereocenters. The Balaban J connectivity index is 1.40. The normalized spacial score (nSPS) is 19.5. The van der Waals surface area contributed by atoms with Crippen LogP contribution in [0.2, 0.25) is 5.02 Å². The minimum Gasteiger partial charge on any atom is -0.490 e. The van der Waals surface area contributed by atoms with Crippen LogP contribution in [0.4, 0.5) is 16.2 Å². The summed E-state index contributed by atoms with van der Waals surface area (Å²) in [6.45, 7) is 6.18. The molecule has 0 fully saturated rings. The molecule has 278 valence electrons. The molecule has 1 aliphatic heterocycles. The minimum atomic E-state index is -4.00.